The van der Waals surface area contributed by atoms with Gasteiger partial charge in [0.1, 0.15) is 11.9 Å². The van der Waals surface area contributed by atoms with Crippen LogP contribution in [0.2, 0.25) is 0 Å². The highest BCUT2D eigenvalue weighted by Crippen LogP contribution is 2.51. The molecule has 1 fully saturated rings. The van der Waals surface area contributed by atoms with Crippen LogP contribution in [0, 0.1) is 29.6 Å². The van der Waals surface area contributed by atoms with Gasteiger partial charge in [0.25, 0.3) is 0 Å². The minimum Gasteiger partial charge on any atom is -0.481 e. The average molecular weight is 342 g/mol. The van der Waals surface area contributed by atoms with Crippen LogP contribution in [0.25, 0.3) is 0 Å². The second-order valence-electron chi connectivity index (χ2n) is 6.92. The molecule has 6 nitrogen and oxygen atoms in total. The molecule has 0 aromatic rings. The monoisotopic (exact) mass is 342 g/mol. The summed E-state index contributed by atoms with van der Waals surface area (Å²) in [6.45, 7) is 0. The molecule has 0 spiro atoms. The number of rotatable bonds is 3. The maximum Gasteiger partial charge on any atom is 0.311 e. The first-order valence-electron chi connectivity index (χ1n) is 8.26. The number of hydrogen-bond donors (Lipinski definition) is 2. The van der Waals surface area contributed by atoms with Gasteiger partial charge in [0.05, 0.1) is 11.8 Å². The molecule has 5 atom stereocenters. The van der Waals surface area contributed by atoms with Gasteiger partial charge in [0.15, 0.2) is 0 Å². The first kappa shape index (κ1) is 17.2. The molecule has 2 N–H and O–H groups in total. The lowest BCUT2D eigenvalue weighted by molar-refractivity contribution is -0.152. The molecule has 3 aliphatic carbocycles. The molecular formula is C19H18O6. The normalized spacial score (nSPS) is 33.9. The largest absolute Gasteiger partial charge is 0.481 e. The van der Waals surface area contributed by atoms with Crippen LogP contribution in [0.15, 0.2) is 34.9 Å². The molecule has 0 heterocycles. The minimum atomic E-state index is -1.16. The molecule has 0 aromatic carbocycles. The van der Waals surface area contributed by atoms with Gasteiger partial charge >= 0.3 is 11.9 Å². The zero-order chi connectivity index (χ0) is 18.1. The fourth-order valence-corrected chi connectivity index (χ4v) is 4.44. The number of hydrogen-bond acceptors (Lipinski definition) is 4. The Labute approximate surface area is 144 Å². The van der Waals surface area contributed by atoms with Crippen molar-refractivity contribution >= 4 is 23.8 Å². The molecule has 0 radical (unpaired) electrons. The Morgan fingerprint density at radius 1 is 1.04 bits per heavy atom. The molecule has 130 valence electrons. The van der Waals surface area contributed by atoms with Crippen molar-refractivity contribution in [3.8, 4) is 0 Å². The Bertz CT molecular complexity index is 776. The van der Waals surface area contributed by atoms with E-state index in [9.17, 15) is 29.4 Å². The van der Waals surface area contributed by atoms with Crippen LogP contribution in [0.4, 0.5) is 0 Å². The Hall–Kier alpha value is -2.68. The van der Waals surface area contributed by atoms with Gasteiger partial charge in [-0.25, -0.2) is 9.59 Å². The molecule has 3 rings (SSSR count). The van der Waals surface area contributed by atoms with E-state index in [-0.39, 0.29) is 24.2 Å². The van der Waals surface area contributed by atoms with Crippen LogP contribution in [0.1, 0.15) is 25.7 Å². The van der Waals surface area contributed by atoms with Crippen molar-refractivity contribution in [2.75, 3.05) is 0 Å². The Kier molecular flexibility index (Phi) is 4.58. The third-order valence-electron chi connectivity index (χ3n) is 5.58. The highest BCUT2D eigenvalue weighted by molar-refractivity contribution is 5.82. The highest BCUT2D eigenvalue weighted by atomic mass is 16.4. The van der Waals surface area contributed by atoms with Gasteiger partial charge in [-0.15, -0.1) is 0 Å². The van der Waals surface area contributed by atoms with Crippen molar-refractivity contribution in [2.24, 2.45) is 29.6 Å². The van der Waals surface area contributed by atoms with Crippen LogP contribution in [-0.2, 0) is 19.2 Å². The topological polar surface area (TPSA) is 109 Å². The maximum atomic E-state index is 11.5. The lowest BCUT2D eigenvalue weighted by Gasteiger charge is -2.32. The summed E-state index contributed by atoms with van der Waals surface area (Å²) >= 11 is 0. The van der Waals surface area contributed by atoms with Crippen molar-refractivity contribution in [1.29, 1.82) is 0 Å². The van der Waals surface area contributed by atoms with Gasteiger partial charge < -0.3 is 10.2 Å². The molecule has 6 heteroatoms. The lowest BCUT2D eigenvalue weighted by Crippen LogP contribution is -2.35. The van der Waals surface area contributed by atoms with E-state index in [2.05, 4.69) is 0 Å². The van der Waals surface area contributed by atoms with Gasteiger partial charge in [0, 0.05) is 17.1 Å². The van der Waals surface area contributed by atoms with E-state index >= 15 is 0 Å². The molecule has 25 heavy (non-hydrogen) atoms. The predicted octanol–water partition coefficient (Wildman–Crippen LogP) is 1.84. The summed E-state index contributed by atoms with van der Waals surface area (Å²) in [7, 11) is 0. The molecule has 3 aliphatic rings. The van der Waals surface area contributed by atoms with Crippen molar-refractivity contribution in [3.63, 3.8) is 0 Å². The van der Waals surface area contributed by atoms with E-state index in [4.69, 9.17) is 0 Å². The molecule has 0 amide bonds. The first-order valence-corrected chi connectivity index (χ1v) is 8.26. The van der Waals surface area contributed by atoms with E-state index in [0.717, 1.165) is 5.57 Å². The van der Waals surface area contributed by atoms with Gasteiger partial charge in [-0.3, -0.25) is 9.59 Å². The summed E-state index contributed by atoms with van der Waals surface area (Å²) in [6, 6.07) is 0. The number of aliphatic carboxylic acids is 2. The van der Waals surface area contributed by atoms with Gasteiger partial charge in [0.2, 0.25) is 0 Å². The summed E-state index contributed by atoms with van der Waals surface area (Å²) in [4.78, 5) is 45.1. The number of carbonyl (C=O) groups is 2. The Morgan fingerprint density at radius 3 is 2.40 bits per heavy atom. The van der Waals surface area contributed by atoms with Crippen LogP contribution >= 0.6 is 0 Å². The fourth-order valence-electron chi connectivity index (χ4n) is 4.44. The average Bonchev–Trinajstić information content (AvgIpc) is 2.98. The Balaban J connectivity index is 1.94. The maximum absolute atomic E-state index is 11.5. The third-order valence-corrected chi connectivity index (χ3v) is 5.58. The highest BCUT2D eigenvalue weighted by Gasteiger charge is 2.45. The van der Waals surface area contributed by atoms with E-state index in [1.54, 1.807) is 6.08 Å². The van der Waals surface area contributed by atoms with E-state index in [1.807, 2.05) is 18.0 Å². The van der Waals surface area contributed by atoms with Crippen molar-refractivity contribution in [1.82, 2.24) is 0 Å². The summed E-state index contributed by atoms with van der Waals surface area (Å²) in [5.41, 5.74) is 2.30. The van der Waals surface area contributed by atoms with E-state index in [0.29, 0.717) is 30.4 Å². The SMILES string of the molecule is O=C=C1CC=C2C(C1)CC(=C=O)C2C1C=CC(C(=O)O)C(C(=O)O)C1. The third kappa shape index (κ3) is 3.02. The number of allylic oxidation sites excluding steroid dienone is 5. The quantitative estimate of drug-likeness (QED) is 0.598. The number of carbonyl (C=O) groups excluding carboxylic acids is 2. The summed E-state index contributed by atoms with van der Waals surface area (Å²) in [6.07, 6.45) is 6.84. The van der Waals surface area contributed by atoms with Crippen LogP contribution in [0.3, 0.4) is 0 Å². The molecule has 0 aromatic heterocycles. The molecule has 0 aliphatic heterocycles. The molecule has 0 saturated heterocycles. The van der Waals surface area contributed by atoms with Crippen LogP contribution in [0.5, 0.6) is 0 Å². The van der Waals surface area contributed by atoms with Crippen molar-refractivity contribution in [3.05, 3.63) is 34.9 Å². The summed E-state index contributed by atoms with van der Waals surface area (Å²) in [5.74, 6) is -0.869. The summed E-state index contributed by atoms with van der Waals surface area (Å²) in [5, 5.41) is 18.6. The number of carboxylic acid groups (broad SMARTS) is 2. The van der Waals surface area contributed by atoms with Crippen LogP contribution < -0.4 is 0 Å². The van der Waals surface area contributed by atoms with Crippen molar-refractivity contribution in [2.45, 2.75) is 25.7 Å². The van der Waals surface area contributed by atoms with Gasteiger partial charge in [-0.1, -0.05) is 23.8 Å². The second kappa shape index (κ2) is 6.67. The zero-order valence-electron chi connectivity index (χ0n) is 13.5. The van der Waals surface area contributed by atoms with Crippen LogP contribution in [-0.4, -0.2) is 34.0 Å². The van der Waals surface area contributed by atoms with Gasteiger partial charge in [-0.2, -0.15) is 0 Å². The summed E-state index contributed by atoms with van der Waals surface area (Å²) < 4.78 is 0. The standard InChI is InChI=1S/C19H18O6/c20-8-10-1-3-14-12(5-10)6-13(9-21)17(14)11-2-4-15(18(22)23)16(7-11)19(24)25/h2-4,11-12,15-17H,1,5-7H2,(H,22,23)(H,24,25). The lowest BCUT2D eigenvalue weighted by atomic mass is 9.71. The van der Waals surface area contributed by atoms with E-state index < -0.39 is 23.8 Å². The van der Waals surface area contributed by atoms with Gasteiger partial charge in [-0.05, 0) is 37.5 Å². The smallest absolute Gasteiger partial charge is 0.311 e. The molecule has 5 unspecified atom stereocenters. The first-order chi connectivity index (χ1) is 12.0. The minimum absolute atomic E-state index is 0.0560. The van der Waals surface area contributed by atoms with Crippen molar-refractivity contribution < 1.29 is 29.4 Å². The molecular weight excluding hydrogens is 324 g/mol. The number of carboxylic acids is 2. The Morgan fingerprint density at radius 2 is 1.80 bits per heavy atom. The van der Waals surface area contributed by atoms with E-state index in [1.165, 1.54) is 6.08 Å². The molecule has 0 bridgehead atoms. The number of fused-ring (bicyclic) bond motifs is 1. The fraction of sp³-hybridized carbons (Fsp3) is 0.474. The zero-order valence-corrected chi connectivity index (χ0v) is 13.5. The predicted molar refractivity (Wildman–Crippen MR) is 86.8 cm³/mol. The second-order valence-corrected chi connectivity index (χ2v) is 6.92. The molecule has 1 saturated carbocycles.